The average molecular weight is 508 g/mol. The molecule has 8 nitrogen and oxygen atoms in total. The molecule has 3 fully saturated rings. The molecule has 36 heavy (non-hydrogen) atoms. The molecule has 1 N–H and O–H groups in total. The van der Waals surface area contributed by atoms with Gasteiger partial charge >= 0.3 is 0 Å². The third kappa shape index (κ3) is 4.76. The van der Waals surface area contributed by atoms with Crippen molar-refractivity contribution in [1.82, 2.24) is 19.7 Å². The van der Waals surface area contributed by atoms with Crippen molar-refractivity contribution >= 4 is 34.8 Å². The van der Waals surface area contributed by atoms with Gasteiger partial charge in [0, 0.05) is 63.8 Å². The van der Waals surface area contributed by atoms with Crippen LogP contribution < -0.4 is 10.1 Å². The predicted molar refractivity (Wildman–Crippen MR) is 142 cm³/mol. The highest BCUT2D eigenvalue weighted by Crippen LogP contribution is 2.43. The maximum Gasteiger partial charge on any atom is 0.228 e. The Bertz CT molecular complexity index is 1140. The van der Waals surface area contributed by atoms with E-state index >= 15 is 0 Å². The van der Waals surface area contributed by atoms with E-state index in [-0.39, 0.29) is 35.6 Å². The van der Waals surface area contributed by atoms with Crippen LogP contribution in [-0.2, 0) is 9.59 Å². The standard InChI is InChI=1S/C27H33N5O3S/c1-30-23(33)16-22(24(30)19-5-4-11-28-17-19)25(34)32-14-10-27(18-32)8-12-31(13-9-27)26(36)29-20-6-3-7-21(15-20)35-2/h3-7,11,15,17,22,24H,8-10,12-14,16,18H2,1-2H3,(H,29,36)/t22-,24+/m1/s1. The van der Waals surface area contributed by atoms with E-state index < -0.39 is 0 Å². The van der Waals surface area contributed by atoms with Crippen LogP contribution >= 0.6 is 12.2 Å². The molecule has 3 saturated heterocycles. The zero-order valence-electron chi connectivity index (χ0n) is 20.9. The summed E-state index contributed by atoms with van der Waals surface area (Å²) < 4.78 is 5.30. The first-order chi connectivity index (χ1) is 17.4. The molecule has 2 aromatic rings. The molecule has 190 valence electrons. The van der Waals surface area contributed by atoms with E-state index in [1.54, 1.807) is 31.5 Å². The molecule has 3 aliphatic rings. The monoisotopic (exact) mass is 507 g/mol. The van der Waals surface area contributed by atoms with Gasteiger partial charge in [0.05, 0.1) is 19.1 Å². The highest BCUT2D eigenvalue weighted by atomic mass is 32.1. The minimum absolute atomic E-state index is 0.0152. The molecule has 1 aromatic carbocycles. The Morgan fingerprint density at radius 3 is 2.58 bits per heavy atom. The predicted octanol–water partition coefficient (Wildman–Crippen LogP) is 3.32. The van der Waals surface area contributed by atoms with Crippen molar-refractivity contribution in [1.29, 1.82) is 0 Å². The van der Waals surface area contributed by atoms with Gasteiger partial charge in [-0.15, -0.1) is 0 Å². The fourth-order valence-corrected chi connectivity index (χ4v) is 6.25. The number of ether oxygens (including phenoxy) is 1. The quantitative estimate of drug-likeness (QED) is 0.636. The van der Waals surface area contributed by atoms with Crippen molar-refractivity contribution < 1.29 is 14.3 Å². The second-order valence-electron chi connectivity index (χ2n) is 10.2. The third-order valence-corrected chi connectivity index (χ3v) is 8.47. The Kier molecular flexibility index (Phi) is 6.83. The number of anilines is 1. The first-order valence-corrected chi connectivity index (χ1v) is 12.9. The topological polar surface area (TPSA) is 78.0 Å². The summed E-state index contributed by atoms with van der Waals surface area (Å²) in [5.74, 6) is 0.538. The van der Waals surface area contributed by atoms with E-state index in [2.05, 4.69) is 15.2 Å². The molecule has 1 aromatic heterocycles. The number of amides is 2. The molecule has 1 spiro atoms. The number of methoxy groups -OCH3 is 1. The van der Waals surface area contributed by atoms with Crippen LogP contribution in [0.2, 0.25) is 0 Å². The van der Waals surface area contributed by atoms with Gasteiger partial charge in [-0.25, -0.2) is 0 Å². The van der Waals surface area contributed by atoms with Crippen LogP contribution in [0.5, 0.6) is 5.75 Å². The summed E-state index contributed by atoms with van der Waals surface area (Å²) in [6, 6.07) is 11.3. The fraction of sp³-hybridized carbons (Fsp3) is 0.481. The summed E-state index contributed by atoms with van der Waals surface area (Å²) in [5.41, 5.74) is 1.95. The van der Waals surface area contributed by atoms with Crippen molar-refractivity contribution in [2.75, 3.05) is 45.7 Å². The van der Waals surface area contributed by atoms with Crippen molar-refractivity contribution in [2.45, 2.75) is 31.7 Å². The van der Waals surface area contributed by atoms with Gasteiger partial charge in [0.15, 0.2) is 5.11 Å². The number of hydrogen-bond donors (Lipinski definition) is 1. The lowest BCUT2D eigenvalue weighted by molar-refractivity contribution is -0.136. The van der Waals surface area contributed by atoms with Gasteiger partial charge in [-0.1, -0.05) is 12.1 Å². The molecule has 5 rings (SSSR count). The largest absolute Gasteiger partial charge is 0.497 e. The van der Waals surface area contributed by atoms with Crippen molar-refractivity contribution in [3.8, 4) is 5.75 Å². The molecule has 0 bridgehead atoms. The van der Waals surface area contributed by atoms with Crippen molar-refractivity contribution in [3.05, 3.63) is 54.4 Å². The summed E-state index contributed by atoms with van der Waals surface area (Å²) in [6.45, 7) is 3.23. The summed E-state index contributed by atoms with van der Waals surface area (Å²) in [5, 5.41) is 4.05. The number of carbonyl (C=O) groups excluding carboxylic acids is 2. The lowest BCUT2D eigenvalue weighted by atomic mass is 9.78. The molecule has 0 unspecified atom stereocenters. The maximum absolute atomic E-state index is 13.7. The number of carbonyl (C=O) groups is 2. The summed E-state index contributed by atoms with van der Waals surface area (Å²) >= 11 is 5.69. The van der Waals surface area contributed by atoms with E-state index in [0.29, 0.717) is 0 Å². The van der Waals surface area contributed by atoms with Gasteiger partial charge in [0.2, 0.25) is 11.8 Å². The van der Waals surface area contributed by atoms with Crippen LogP contribution in [0, 0.1) is 11.3 Å². The molecular formula is C27H33N5O3S. The second kappa shape index (κ2) is 10.0. The zero-order valence-corrected chi connectivity index (χ0v) is 21.7. The SMILES string of the molecule is COc1cccc(NC(=S)N2CCC3(CCN(C(=O)[C@@H]4CC(=O)N(C)[C@H]4c4cccnc4)C3)CC2)c1. The molecular weight excluding hydrogens is 474 g/mol. The molecule has 4 heterocycles. The highest BCUT2D eigenvalue weighted by molar-refractivity contribution is 7.80. The number of nitrogens with one attached hydrogen (secondary N) is 1. The van der Waals surface area contributed by atoms with Gasteiger partial charge in [0.25, 0.3) is 0 Å². The molecule has 0 radical (unpaired) electrons. The van der Waals surface area contributed by atoms with Crippen LogP contribution in [0.1, 0.15) is 37.3 Å². The minimum Gasteiger partial charge on any atom is -0.497 e. The first-order valence-electron chi connectivity index (χ1n) is 12.5. The van der Waals surface area contributed by atoms with E-state index in [1.165, 1.54) is 0 Å². The van der Waals surface area contributed by atoms with E-state index in [4.69, 9.17) is 17.0 Å². The van der Waals surface area contributed by atoms with Crippen LogP contribution in [0.25, 0.3) is 0 Å². The van der Waals surface area contributed by atoms with Gasteiger partial charge < -0.3 is 24.8 Å². The normalized spacial score (nSPS) is 23.3. The van der Waals surface area contributed by atoms with Gasteiger partial charge in [0.1, 0.15) is 5.75 Å². The number of hydrogen-bond acceptors (Lipinski definition) is 5. The number of benzene rings is 1. The Balaban J connectivity index is 1.19. The van der Waals surface area contributed by atoms with E-state index in [0.717, 1.165) is 67.6 Å². The van der Waals surface area contributed by atoms with Crippen LogP contribution in [0.15, 0.2) is 48.8 Å². The Morgan fingerprint density at radius 1 is 1.14 bits per heavy atom. The summed E-state index contributed by atoms with van der Waals surface area (Å²) in [4.78, 5) is 36.3. The number of aromatic nitrogens is 1. The smallest absolute Gasteiger partial charge is 0.228 e. The molecule has 2 amide bonds. The lowest BCUT2D eigenvalue weighted by Crippen LogP contribution is -2.46. The zero-order chi connectivity index (χ0) is 25.3. The lowest BCUT2D eigenvalue weighted by Gasteiger charge is -2.40. The molecule has 0 saturated carbocycles. The number of nitrogens with zero attached hydrogens (tertiary/aromatic N) is 4. The number of pyridine rings is 1. The molecule has 3 aliphatic heterocycles. The molecule has 0 aliphatic carbocycles. The average Bonchev–Trinajstić information content (AvgIpc) is 3.45. The molecule has 9 heteroatoms. The number of piperidine rings is 1. The van der Waals surface area contributed by atoms with Crippen LogP contribution in [-0.4, -0.2) is 76.9 Å². The number of thiocarbonyl (C=S) groups is 1. The maximum atomic E-state index is 13.7. The minimum atomic E-state index is -0.360. The van der Waals surface area contributed by atoms with E-state index in [1.807, 2.05) is 41.3 Å². The van der Waals surface area contributed by atoms with Gasteiger partial charge in [-0.3, -0.25) is 14.6 Å². The van der Waals surface area contributed by atoms with E-state index in [9.17, 15) is 9.59 Å². The highest BCUT2D eigenvalue weighted by Gasteiger charge is 2.48. The van der Waals surface area contributed by atoms with Crippen LogP contribution in [0.4, 0.5) is 5.69 Å². The second-order valence-corrected chi connectivity index (χ2v) is 10.6. The van der Waals surface area contributed by atoms with Crippen molar-refractivity contribution in [2.24, 2.45) is 11.3 Å². The fourth-order valence-electron chi connectivity index (χ4n) is 5.95. The number of rotatable bonds is 4. The van der Waals surface area contributed by atoms with Crippen LogP contribution in [0.3, 0.4) is 0 Å². The van der Waals surface area contributed by atoms with Gasteiger partial charge in [-0.05, 0) is 60.7 Å². The first kappa shape index (κ1) is 24.5. The summed E-state index contributed by atoms with van der Waals surface area (Å²) in [7, 11) is 3.44. The Hall–Kier alpha value is -3.20. The summed E-state index contributed by atoms with van der Waals surface area (Å²) in [6.07, 6.45) is 6.72. The number of likely N-dealkylation sites (tertiary alicyclic amines) is 3. The van der Waals surface area contributed by atoms with Gasteiger partial charge in [-0.2, -0.15) is 0 Å². The Labute approximate surface area is 217 Å². The Morgan fingerprint density at radius 2 is 1.89 bits per heavy atom. The molecule has 2 atom stereocenters. The van der Waals surface area contributed by atoms with Crippen molar-refractivity contribution in [3.63, 3.8) is 0 Å². The third-order valence-electron chi connectivity index (χ3n) is 8.11.